The summed E-state index contributed by atoms with van der Waals surface area (Å²) in [7, 11) is 5.93. The van der Waals surface area contributed by atoms with Crippen LogP contribution < -0.4 is 20.3 Å². The molecule has 0 atom stereocenters. The molecule has 0 bridgehead atoms. The predicted molar refractivity (Wildman–Crippen MR) is 122 cm³/mol. The highest BCUT2D eigenvalue weighted by molar-refractivity contribution is 5.89. The van der Waals surface area contributed by atoms with E-state index in [4.69, 9.17) is 9.72 Å². The van der Waals surface area contributed by atoms with Crippen LogP contribution in [-0.2, 0) is 6.54 Å². The first kappa shape index (κ1) is 20.4. The molecular weight excluding hydrogens is 406 g/mol. The molecule has 0 unspecified atom stereocenters. The maximum absolute atomic E-state index is 13.2. The maximum Gasteiger partial charge on any atom is 0.425 e. The highest BCUT2D eigenvalue weighted by atomic mass is 16.5. The molecule has 3 aromatic heterocycles. The molecule has 4 aromatic rings. The lowest BCUT2D eigenvalue weighted by atomic mass is 10.0. The summed E-state index contributed by atoms with van der Waals surface area (Å²) in [6.07, 6.45) is 5.67. The summed E-state index contributed by atoms with van der Waals surface area (Å²) in [6.45, 7) is 2.37. The number of piperidine rings is 1. The zero-order valence-corrected chi connectivity index (χ0v) is 18.7. The summed E-state index contributed by atoms with van der Waals surface area (Å²) in [5.41, 5.74) is 3.13. The van der Waals surface area contributed by atoms with E-state index < -0.39 is 0 Å². The van der Waals surface area contributed by atoms with E-state index in [0.717, 1.165) is 48.3 Å². The molecule has 1 fully saturated rings. The van der Waals surface area contributed by atoms with Gasteiger partial charge in [-0.3, -0.25) is 4.57 Å². The summed E-state index contributed by atoms with van der Waals surface area (Å²) < 4.78 is 8.33. The van der Waals surface area contributed by atoms with Crippen LogP contribution in [-0.4, -0.2) is 64.4 Å². The maximum atomic E-state index is 13.2. The van der Waals surface area contributed by atoms with Gasteiger partial charge in [-0.1, -0.05) is 12.1 Å². The largest absolute Gasteiger partial charge is 0.497 e. The van der Waals surface area contributed by atoms with Crippen molar-refractivity contribution < 1.29 is 9.72 Å². The van der Waals surface area contributed by atoms with Crippen LogP contribution in [0.1, 0.15) is 18.4 Å². The van der Waals surface area contributed by atoms with Crippen molar-refractivity contribution in [2.75, 3.05) is 39.2 Å². The number of nitrogens with zero attached hydrogens (tertiary/aromatic N) is 6. The Balaban J connectivity index is 1.55. The number of benzene rings is 1. The van der Waals surface area contributed by atoms with Crippen LogP contribution in [0.25, 0.3) is 16.7 Å². The number of methoxy groups -OCH3 is 1. The fourth-order valence-corrected chi connectivity index (χ4v) is 4.51. The topological polar surface area (TPSA) is 82.0 Å². The molecule has 5 rings (SSSR count). The van der Waals surface area contributed by atoms with Crippen LogP contribution >= 0.6 is 0 Å². The van der Waals surface area contributed by atoms with Crippen molar-refractivity contribution in [1.29, 1.82) is 0 Å². The Morgan fingerprint density at radius 3 is 2.62 bits per heavy atom. The molecule has 32 heavy (non-hydrogen) atoms. The van der Waals surface area contributed by atoms with Crippen LogP contribution in [0, 0.1) is 0 Å². The Morgan fingerprint density at radius 2 is 1.94 bits per heavy atom. The van der Waals surface area contributed by atoms with E-state index in [2.05, 4.69) is 40.0 Å². The monoisotopic (exact) mass is 434 g/mol. The van der Waals surface area contributed by atoms with Crippen LogP contribution in [0.3, 0.4) is 0 Å². The molecular formula is C23H28N7O2+. The third kappa shape index (κ3) is 3.58. The summed E-state index contributed by atoms with van der Waals surface area (Å²) in [6, 6.07) is 10.4. The van der Waals surface area contributed by atoms with Crippen molar-refractivity contribution in [2.45, 2.75) is 25.4 Å². The number of anilines is 1. The molecule has 1 N–H and O–H groups in total. The second-order valence-corrected chi connectivity index (χ2v) is 8.51. The molecule has 1 aromatic carbocycles. The molecule has 1 aliphatic rings. The molecule has 0 saturated carbocycles. The highest BCUT2D eigenvalue weighted by Crippen LogP contribution is 2.25. The minimum Gasteiger partial charge on any atom is -0.497 e. The van der Waals surface area contributed by atoms with Crippen LogP contribution in [0.2, 0.25) is 0 Å². The standard InChI is InChI=1S/C23H27N7O2/c1-27(2)17-8-10-28(11-9-17)18-12-20-21(24-13-18)29(23(31)30-22(20)25-15-26-30)14-16-4-6-19(32-3)7-5-16/h4-7,12-13,15,17H,8-11,14H2,1-3H3/p+1. The average molecular weight is 435 g/mol. The Hall–Kier alpha value is -3.46. The van der Waals surface area contributed by atoms with E-state index in [1.54, 1.807) is 18.0 Å². The van der Waals surface area contributed by atoms with Crippen LogP contribution in [0.5, 0.6) is 5.75 Å². The van der Waals surface area contributed by atoms with Crippen molar-refractivity contribution in [3.63, 3.8) is 0 Å². The number of pyridine rings is 1. The number of aromatic amines is 1. The Kier molecular flexibility index (Phi) is 5.26. The van der Waals surface area contributed by atoms with E-state index in [0.29, 0.717) is 23.9 Å². The first-order valence-corrected chi connectivity index (χ1v) is 10.9. The van der Waals surface area contributed by atoms with E-state index >= 15 is 0 Å². The summed E-state index contributed by atoms with van der Waals surface area (Å²) in [5, 5.41) is 5.11. The molecule has 1 saturated heterocycles. The lowest BCUT2D eigenvalue weighted by Crippen LogP contribution is -2.42. The highest BCUT2D eigenvalue weighted by Gasteiger charge is 2.24. The molecule has 9 heteroatoms. The van der Waals surface area contributed by atoms with Gasteiger partial charge in [0.1, 0.15) is 5.75 Å². The smallest absolute Gasteiger partial charge is 0.425 e. The van der Waals surface area contributed by atoms with Gasteiger partial charge in [0.05, 0.1) is 30.9 Å². The lowest BCUT2D eigenvalue weighted by Gasteiger charge is -2.36. The van der Waals surface area contributed by atoms with Gasteiger partial charge in [-0.25, -0.2) is 14.8 Å². The van der Waals surface area contributed by atoms with Crippen LogP contribution in [0.4, 0.5) is 5.69 Å². The van der Waals surface area contributed by atoms with E-state index in [-0.39, 0.29) is 5.69 Å². The summed E-state index contributed by atoms with van der Waals surface area (Å²) in [5.74, 6) is 0.781. The van der Waals surface area contributed by atoms with Gasteiger partial charge in [0.2, 0.25) is 0 Å². The number of ether oxygens (including phenoxy) is 1. The number of aromatic nitrogens is 5. The molecule has 1 aliphatic heterocycles. The lowest BCUT2D eigenvalue weighted by molar-refractivity contribution is -0.345. The average Bonchev–Trinajstić information content (AvgIpc) is 3.32. The third-order valence-corrected chi connectivity index (χ3v) is 6.42. The minimum atomic E-state index is -0.225. The molecule has 4 heterocycles. The Morgan fingerprint density at radius 1 is 1.19 bits per heavy atom. The van der Waals surface area contributed by atoms with Crippen molar-refractivity contribution >= 4 is 22.4 Å². The van der Waals surface area contributed by atoms with Gasteiger partial charge in [0.15, 0.2) is 5.65 Å². The number of fused-ring (bicyclic) bond motifs is 3. The van der Waals surface area contributed by atoms with Crippen molar-refractivity contribution in [3.8, 4) is 5.75 Å². The molecule has 0 radical (unpaired) electrons. The van der Waals surface area contributed by atoms with Gasteiger partial charge in [0, 0.05) is 24.2 Å². The fourth-order valence-electron chi connectivity index (χ4n) is 4.51. The second kappa shape index (κ2) is 8.23. The second-order valence-electron chi connectivity index (χ2n) is 8.51. The fraction of sp³-hybridized carbons (Fsp3) is 0.391. The van der Waals surface area contributed by atoms with E-state index in [9.17, 15) is 4.79 Å². The van der Waals surface area contributed by atoms with Crippen molar-refractivity contribution in [3.05, 3.63) is 58.9 Å². The SMILES string of the molecule is COc1ccc(Cn2c(=O)n3nc[nH+]c3c3cc(N4CCC(N(C)C)CC4)cnc32)cc1. The molecule has 0 spiro atoms. The normalized spacial score (nSPS) is 15.2. The molecule has 9 nitrogen and oxygen atoms in total. The number of nitrogens with one attached hydrogen (secondary N) is 1. The molecule has 0 amide bonds. The summed E-state index contributed by atoms with van der Waals surface area (Å²) >= 11 is 0. The van der Waals surface area contributed by atoms with Gasteiger partial charge in [-0.05, 0) is 55.2 Å². The van der Waals surface area contributed by atoms with Gasteiger partial charge in [-0.15, -0.1) is 0 Å². The van der Waals surface area contributed by atoms with Gasteiger partial charge in [-0.2, -0.15) is 0 Å². The molecule has 166 valence electrons. The Bertz CT molecular complexity index is 1300. The van der Waals surface area contributed by atoms with E-state index in [1.165, 1.54) is 4.52 Å². The molecule has 0 aliphatic carbocycles. The zero-order chi connectivity index (χ0) is 22.2. The van der Waals surface area contributed by atoms with Gasteiger partial charge >= 0.3 is 5.69 Å². The number of hydrogen-bond acceptors (Lipinski definition) is 6. The third-order valence-electron chi connectivity index (χ3n) is 6.42. The van der Waals surface area contributed by atoms with Crippen LogP contribution in [0.15, 0.2) is 47.7 Å². The summed E-state index contributed by atoms with van der Waals surface area (Å²) in [4.78, 5) is 25.7. The number of rotatable bonds is 5. The van der Waals surface area contributed by atoms with Gasteiger partial charge < -0.3 is 14.5 Å². The quantitative estimate of drug-likeness (QED) is 0.473. The first-order valence-electron chi connectivity index (χ1n) is 10.9. The van der Waals surface area contributed by atoms with Crippen molar-refractivity contribution in [2.24, 2.45) is 0 Å². The Labute approximate surface area is 185 Å². The minimum absolute atomic E-state index is 0.225. The number of hydrogen-bond donors (Lipinski definition) is 0. The van der Waals surface area contributed by atoms with E-state index in [1.807, 2.05) is 30.5 Å². The zero-order valence-electron chi connectivity index (χ0n) is 18.7. The first-order chi connectivity index (χ1) is 15.5. The van der Waals surface area contributed by atoms with Crippen molar-refractivity contribution in [1.82, 2.24) is 24.1 Å². The predicted octanol–water partition coefficient (Wildman–Crippen LogP) is 1.45. The number of H-pyrrole nitrogens is 1. The van der Waals surface area contributed by atoms with Gasteiger partial charge in [0.25, 0.3) is 12.0 Å².